The minimum Gasteiger partial charge on any atom is -0.479 e. The lowest BCUT2D eigenvalue weighted by molar-refractivity contribution is -0.142. The van der Waals surface area contributed by atoms with Crippen molar-refractivity contribution in [1.29, 1.82) is 5.26 Å². The summed E-state index contributed by atoms with van der Waals surface area (Å²) in [5.74, 6) is 2.34. The monoisotopic (exact) mass is 375 g/mol. The lowest BCUT2D eigenvalue weighted by Crippen LogP contribution is -2.51. The van der Waals surface area contributed by atoms with E-state index >= 15 is 0 Å². The number of ether oxygens (including phenoxy) is 1. The number of hydrogen-bond acceptors (Lipinski definition) is 7. The number of aromatic amines is 1. The molecule has 1 atom stereocenters. The normalized spacial score (nSPS) is 13.5. The number of nitrogens with two attached hydrogens (primary N) is 1. The van der Waals surface area contributed by atoms with Crippen LogP contribution < -0.4 is 21.6 Å². The van der Waals surface area contributed by atoms with Gasteiger partial charge in [0, 0.05) is 17.2 Å². The molecule has 1 heterocycles. The number of carboxylic acids is 1. The van der Waals surface area contributed by atoms with Gasteiger partial charge in [0.05, 0.1) is 0 Å². The Kier molecular flexibility index (Phi) is 5.30. The zero-order chi connectivity index (χ0) is 20.4. The first kappa shape index (κ1) is 20.0. The number of hydrogen-bond donors (Lipinski definition) is 4. The third-order valence-corrected chi connectivity index (χ3v) is 3.87. The van der Waals surface area contributed by atoms with Crippen molar-refractivity contribution in [3.8, 4) is 17.7 Å². The molecule has 0 bridgehead atoms. The first-order valence-electron chi connectivity index (χ1n) is 7.75. The van der Waals surface area contributed by atoms with E-state index in [1.165, 1.54) is 18.2 Å². The molecule has 2 rings (SSSR count). The van der Waals surface area contributed by atoms with Crippen molar-refractivity contribution in [1.82, 2.24) is 15.6 Å². The summed E-state index contributed by atoms with van der Waals surface area (Å²) in [6, 6.07) is 6.05. The summed E-state index contributed by atoms with van der Waals surface area (Å²) >= 11 is 0. The first-order valence-corrected chi connectivity index (χ1v) is 7.75. The van der Waals surface area contributed by atoms with Crippen molar-refractivity contribution in [3.63, 3.8) is 0 Å². The molecule has 1 aromatic carbocycles. The van der Waals surface area contributed by atoms with Crippen molar-refractivity contribution in [3.05, 3.63) is 51.6 Å². The van der Waals surface area contributed by atoms with Gasteiger partial charge in [-0.05, 0) is 17.5 Å². The SMILES string of the molecule is CC(C)(C)c1cc(Oc2ccc(C(C#N)(NN)C(=O)O)cc2F)n[nH]c1=O. The fraction of sp³-hybridized carbons (Fsp3) is 0.294. The van der Waals surface area contributed by atoms with Crippen molar-refractivity contribution < 1.29 is 19.0 Å². The number of aromatic nitrogens is 2. The molecule has 0 radical (unpaired) electrons. The summed E-state index contributed by atoms with van der Waals surface area (Å²) in [5.41, 5.74) is -1.12. The highest BCUT2D eigenvalue weighted by Gasteiger charge is 2.40. The van der Waals surface area contributed by atoms with E-state index in [-0.39, 0.29) is 22.8 Å². The fourth-order valence-electron chi connectivity index (χ4n) is 2.34. The quantitative estimate of drug-likeness (QED) is 0.450. The average molecular weight is 375 g/mol. The standard InChI is InChI=1S/C17H18FN5O4/c1-16(2,3)10-7-13(21-22-14(10)24)27-12-5-4-9(6-11(12)18)17(8-19,23-20)15(25)26/h4-7,23H,20H2,1-3H3,(H,22,24)(H,25,26). The van der Waals surface area contributed by atoms with E-state index in [0.29, 0.717) is 5.56 Å². The second kappa shape index (κ2) is 7.14. The second-order valence-electron chi connectivity index (χ2n) is 6.76. The maximum Gasteiger partial charge on any atom is 0.344 e. The number of nitrogens with one attached hydrogen (secondary N) is 2. The summed E-state index contributed by atoms with van der Waals surface area (Å²) in [6.07, 6.45) is 0. The van der Waals surface area contributed by atoms with Gasteiger partial charge in [-0.2, -0.15) is 5.26 Å². The molecule has 0 aliphatic carbocycles. The number of aliphatic carboxylic acids is 1. The molecule has 0 spiro atoms. The van der Waals surface area contributed by atoms with Gasteiger partial charge in [-0.25, -0.2) is 19.7 Å². The fourth-order valence-corrected chi connectivity index (χ4v) is 2.34. The highest BCUT2D eigenvalue weighted by molar-refractivity contribution is 5.84. The number of rotatable bonds is 5. The molecule has 1 aromatic heterocycles. The van der Waals surface area contributed by atoms with Crippen LogP contribution in [0, 0.1) is 17.1 Å². The zero-order valence-corrected chi connectivity index (χ0v) is 14.8. The average Bonchev–Trinajstić information content (AvgIpc) is 2.59. The van der Waals surface area contributed by atoms with Crippen LogP contribution in [0.5, 0.6) is 11.6 Å². The summed E-state index contributed by atoms with van der Waals surface area (Å²) < 4.78 is 19.8. The molecule has 142 valence electrons. The van der Waals surface area contributed by atoms with Crippen LogP contribution in [-0.2, 0) is 15.7 Å². The highest BCUT2D eigenvalue weighted by atomic mass is 19.1. The molecular weight excluding hydrogens is 357 g/mol. The molecule has 0 fully saturated rings. The van der Waals surface area contributed by atoms with Crippen LogP contribution in [0.25, 0.3) is 0 Å². The molecule has 0 saturated heterocycles. The summed E-state index contributed by atoms with van der Waals surface area (Å²) in [4.78, 5) is 23.2. The van der Waals surface area contributed by atoms with Crippen molar-refractivity contribution in [2.45, 2.75) is 31.7 Å². The molecule has 0 aliphatic heterocycles. The number of nitrogens with zero attached hydrogens (tertiary/aromatic N) is 2. The lowest BCUT2D eigenvalue weighted by Gasteiger charge is -2.21. The van der Waals surface area contributed by atoms with Crippen molar-refractivity contribution in [2.24, 2.45) is 5.84 Å². The third kappa shape index (κ3) is 3.79. The van der Waals surface area contributed by atoms with Gasteiger partial charge in [-0.15, -0.1) is 5.10 Å². The van der Waals surface area contributed by atoms with E-state index in [0.717, 1.165) is 12.1 Å². The topological polar surface area (TPSA) is 154 Å². The van der Waals surface area contributed by atoms with E-state index in [9.17, 15) is 19.1 Å². The van der Waals surface area contributed by atoms with Gasteiger partial charge in [-0.3, -0.25) is 10.6 Å². The van der Waals surface area contributed by atoms with Crippen LogP contribution in [0.4, 0.5) is 4.39 Å². The maximum absolute atomic E-state index is 14.4. The van der Waals surface area contributed by atoms with Gasteiger partial charge < -0.3 is 9.84 Å². The number of carboxylic acid groups (broad SMARTS) is 1. The molecule has 2 aromatic rings. The zero-order valence-electron chi connectivity index (χ0n) is 14.8. The third-order valence-electron chi connectivity index (χ3n) is 3.87. The molecule has 27 heavy (non-hydrogen) atoms. The predicted molar refractivity (Wildman–Crippen MR) is 92.3 cm³/mol. The van der Waals surface area contributed by atoms with Crippen LogP contribution in [0.1, 0.15) is 31.9 Å². The lowest BCUT2D eigenvalue weighted by atomic mass is 9.88. The molecule has 0 amide bonds. The predicted octanol–water partition coefficient (Wildman–Crippen LogP) is 1.27. The van der Waals surface area contributed by atoms with E-state index in [2.05, 4.69) is 10.2 Å². The summed E-state index contributed by atoms with van der Waals surface area (Å²) in [7, 11) is 0. The largest absolute Gasteiger partial charge is 0.479 e. The Hall–Kier alpha value is -3.29. The Labute approximate surface area is 153 Å². The Bertz CT molecular complexity index is 977. The van der Waals surface area contributed by atoms with Crippen LogP contribution in [0.3, 0.4) is 0 Å². The van der Waals surface area contributed by atoms with Crippen molar-refractivity contribution >= 4 is 5.97 Å². The Balaban J connectivity index is 2.42. The molecule has 0 aliphatic rings. The Morgan fingerprint density at radius 3 is 2.56 bits per heavy atom. The van der Waals surface area contributed by atoms with E-state index in [4.69, 9.17) is 15.8 Å². The summed E-state index contributed by atoms with van der Waals surface area (Å²) in [5, 5.41) is 24.4. The minimum atomic E-state index is -2.31. The van der Waals surface area contributed by atoms with Gasteiger partial charge in [-0.1, -0.05) is 26.8 Å². The van der Waals surface area contributed by atoms with Gasteiger partial charge in [0.2, 0.25) is 11.4 Å². The van der Waals surface area contributed by atoms with Crippen LogP contribution in [0.15, 0.2) is 29.1 Å². The Morgan fingerprint density at radius 2 is 2.07 bits per heavy atom. The highest BCUT2D eigenvalue weighted by Crippen LogP contribution is 2.29. The van der Waals surface area contributed by atoms with Crippen LogP contribution in [0.2, 0.25) is 0 Å². The van der Waals surface area contributed by atoms with Gasteiger partial charge in [0.15, 0.2) is 11.6 Å². The maximum atomic E-state index is 14.4. The second-order valence-corrected chi connectivity index (χ2v) is 6.76. The molecule has 0 saturated carbocycles. The van der Waals surface area contributed by atoms with E-state index in [1.54, 1.807) is 0 Å². The summed E-state index contributed by atoms with van der Waals surface area (Å²) in [6.45, 7) is 5.47. The molecule has 1 unspecified atom stereocenters. The number of halogens is 1. The van der Waals surface area contributed by atoms with Crippen LogP contribution >= 0.6 is 0 Å². The van der Waals surface area contributed by atoms with E-state index in [1.807, 2.05) is 26.2 Å². The molecular formula is C17H18FN5O4. The molecule has 10 heteroatoms. The molecule has 9 nitrogen and oxygen atoms in total. The van der Waals surface area contributed by atoms with Gasteiger partial charge in [0.25, 0.3) is 5.56 Å². The van der Waals surface area contributed by atoms with Crippen molar-refractivity contribution in [2.75, 3.05) is 0 Å². The minimum absolute atomic E-state index is 0.0482. The first-order chi connectivity index (χ1) is 12.5. The number of nitriles is 1. The van der Waals surface area contributed by atoms with E-state index < -0.39 is 22.7 Å². The van der Waals surface area contributed by atoms with Crippen LogP contribution in [-0.4, -0.2) is 21.3 Å². The van der Waals surface area contributed by atoms with Gasteiger partial charge in [0.1, 0.15) is 6.07 Å². The number of hydrazine groups is 1. The van der Waals surface area contributed by atoms with Gasteiger partial charge >= 0.3 is 5.97 Å². The Morgan fingerprint density at radius 1 is 1.41 bits per heavy atom. The molecule has 5 N–H and O–H groups in total. The number of carbonyl (C=O) groups is 1. The smallest absolute Gasteiger partial charge is 0.344 e. The number of H-pyrrole nitrogens is 1. The number of benzene rings is 1.